The lowest BCUT2D eigenvalue weighted by molar-refractivity contribution is 0.155. The predicted octanol–water partition coefficient (Wildman–Crippen LogP) is 3.60. The van der Waals surface area contributed by atoms with Crippen molar-refractivity contribution in [1.82, 2.24) is 4.98 Å². The van der Waals surface area contributed by atoms with Crippen molar-refractivity contribution < 1.29 is 0 Å². The van der Waals surface area contributed by atoms with Crippen LogP contribution in [0.2, 0.25) is 0 Å². The lowest BCUT2D eigenvalue weighted by atomic mass is 9.68. The van der Waals surface area contributed by atoms with E-state index in [1.807, 2.05) is 19.1 Å². The molecule has 0 amide bonds. The van der Waals surface area contributed by atoms with Crippen molar-refractivity contribution in [3.63, 3.8) is 0 Å². The Labute approximate surface area is 116 Å². The predicted molar refractivity (Wildman–Crippen MR) is 80.0 cm³/mol. The molecular formula is C16H25N3. The van der Waals surface area contributed by atoms with Gasteiger partial charge in [-0.25, -0.2) is 4.98 Å². The topological polar surface area (TPSA) is 50.9 Å². The van der Waals surface area contributed by atoms with Crippen molar-refractivity contribution in [3.8, 4) is 0 Å². The summed E-state index contributed by atoms with van der Waals surface area (Å²) in [6.07, 6.45) is 4.08. The summed E-state index contributed by atoms with van der Waals surface area (Å²) in [6.45, 7) is 9.21. The third kappa shape index (κ3) is 1.82. The Morgan fingerprint density at radius 3 is 2.63 bits per heavy atom. The highest BCUT2D eigenvalue weighted by Crippen LogP contribution is 2.63. The van der Waals surface area contributed by atoms with Crippen LogP contribution < -0.4 is 11.1 Å². The molecule has 1 aromatic heterocycles. The number of hydrogen-bond donors (Lipinski definition) is 2. The highest BCUT2D eigenvalue weighted by Gasteiger charge is 2.59. The quantitative estimate of drug-likeness (QED) is 0.853. The maximum atomic E-state index is 5.85. The molecule has 0 radical (unpaired) electrons. The molecule has 2 aliphatic carbocycles. The van der Waals surface area contributed by atoms with Gasteiger partial charge in [0.05, 0.1) is 11.4 Å². The molecule has 19 heavy (non-hydrogen) atoms. The van der Waals surface area contributed by atoms with E-state index in [9.17, 15) is 0 Å². The first-order valence-electron chi connectivity index (χ1n) is 7.32. The second kappa shape index (κ2) is 3.87. The van der Waals surface area contributed by atoms with Crippen molar-refractivity contribution in [2.75, 3.05) is 11.1 Å². The second-order valence-electron chi connectivity index (χ2n) is 7.36. The number of nitrogen functional groups attached to an aromatic ring is 1. The Hall–Kier alpha value is -1.25. The summed E-state index contributed by atoms with van der Waals surface area (Å²) in [7, 11) is 0. The summed E-state index contributed by atoms with van der Waals surface area (Å²) in [4.78, 5) is 4.58. The van der Waals surface area contributed by atoms with Crippen molar-refractivity contribution in [2.24, 2.45) is 16.7 Å². The molecule has 2 saturated carbocycles. The molecule has 2 fully saturated rings. The summed E-state index contributed by atoms with van der Waals surface area (Å²) in [5.41, 5.74) is 8.30. The minimum atomic E-state index is 0.351. The van der Waals surface area contributed by atoms with Gasteiger partial charge < -0.3 is 11.1 Å². The average molecular weight is 259 g/mol. The number of pyridine rings is 1. The first kappa shape index (κ1) is 12.8. The van der Waals surface area contributed by atoms with Crippen LogP contribution >= 0.6 is 0 Å². The van der Waals surface area contributed by atoms with Gasteiger partial charge in [0.25, 0.3) is 0 Å². The molecule has 3 rings (SSSR count). The van der Waals surface area contributed by atoms with Crippen molar-refractivity contribution in [3.05, 3.63) is 17.8 Å². The van der Waals surface area contributed by atoms with Crippen LogP contribution in [0.25, 0.3) is 0 Å². The smallest absolute Gasteiger partial charge is 0.126 e. The zero-order valence-electron chi connectivity index (χ0n) is 12.5. The van der Waals surface area contributed by atoms with E-state index in [1.165, 1.54) is 19.3 Å². The molecule has 3 nitrogen and oxygen atoms in total. The SMILES string of the molecule is Cc1nc(NC2C3(C)CCC(C3)C2(C)C)ccc1N. The molecule has 104 valence electrons. The fourth-order valence-electron chi connectivity index (χ4n) is 4.46. The molecular weight excluding hydrogens is 234 g/mol. The number of hydrogen-bond acceptors (Lipinski definition) is 3. The van der Waals surface area contributed by atoms with Gasteiger partial charge in [0.1, 0.15) is 5.82 Å². The Kier molecular flexibility index (Phi) is 2.60. The maximum Gasteiger partial charge on any atom is 0.126 e. The number of nitrogens with one attached hydrogen (secondary N) is 1. The number of nitrogens with two attached hydrogens (primary N) is 1. The molecule has 3 N–H and O–H groups in total. The number of aryl methyl sites for hydroxylation is 1. The van der Waals surface area contributed by atoms with Gasteiger partial charge in [-0.15, -0.1) is 0 Å². The molecule has 1 heterocycles. The first-order valence-corrected chi connectivity index (χ1v) is 7.32. The Morgan fingerprint density at radius 1 is 1.32 bits per heavy atom. The van der Waals surface area contributed by atoms with Crippen LogP contribution in [0.15, 0.2) is 12.1 Å². The number of fused-ring (bicyclic) bond motifs is 2. The number of nitrogens with zero attached hydrogens (tertiary/aromatic N) is 1. The largest absolute Gasteiger partial charge is 0.397 e. The molecule has 0 aliphatic heterocycles. The van der Waals surface area contributed by atoms with Gasteiger partial charge in [0.2, 0.25) is 0 Å². The average Bonchev–Trinajstić information content (AvgIpc) is 2.80. The Morgan fingerprint density at radius 2 is 2.05 bits per heavy atom. The fourth-order valence-corrected chi connectivity index (χ4v) is 4.46. The Bertz CT molecular complexity index is 504. The fraction of sp³-hybridized carbons (Fsp3) is 0.688. The lowest BCUT2D eigenvalue weighted by Gasteiger charge is -2.43. The van der Waals surface area contributed by atoms with Gasteiger partial charge in [-0.2, -0.15) is 0 Å². The van der Waals surface area contributed by atoms with Crippen LogP contribution in [-0.4, -0.2) is 11.0 Å². The molecule has 3 heteroatoms. The van der Waals surface area contributed by atoms with Gasteiger partial charge in [0, 0.05) is 6.04 Å². The molecule has 3 atom stereocenters. The summed E-state index contributed by atoms with van der Waals surface area (Å²) < 4.78 is 0. The molecule has 3 unspecified atom stereocenters. The number of aromatic nitrogens is 1. The minimum absolute atomic E-state index is 0.351. The van der Waals surface area contributed by atoms with Crippen LogP contribution in [0.3, 0.4) is 0 Å². The zero-order valence-corrected chi connectivity index (χ0v) is 12.5. The monoisotopic (exact) mass is 259 g/mol. The maximum absolute atomic E-state index is 5.85. The second-order valence-corrected chi connectivity index (χ2v) is 7.36. The summed E-state index contributed by atoms with van der Waals surface area (Å²) >= 11 is 0. The molecule has 2 bridgehead atoms. The van der Waals surface area contributed by atoms with Crippen molar-refractivity contribution in [1.29, 1.82) is 0 Å². The van der Waals surface area contributed by atoms with E-state index >= 15 is 0 Å². The summed E-state index contributed by atoms with van der Waals surface area (Å²) in [5.74, 6) is 1.82. The Balaban J connectivity index is 1.88. The van der Waals surface area contributed by atoms with Crippen LogP contribution in [0.4, 0.5) is 11.5 Å². The van der Waals surface area contributed by atoms with Crippen LogP contribution in [0, 0.1) is 23.7 Å². The van der Waals surface area contributed by atoms with E-state index in [0.717, 1.165) is 23.1 Å². The first-order chi connectivity index (χ1) is 8.83. The van der Waals surface area contributed by atoms with E-state index < -0.39 is 0 Å². The van der Waals surface area contributed by atoms with E-state index in [4.69, 9.17) is 5.73 Å². The highest BCUT2D eigenvalue weighted by atomic mass is 15.1. The van der Waals surface area contributed by atoms with Crippen molar-refractivity contribution >= 4 is 11.5 Å². The summed E-state index contributed by atoms with van der Waals surface area (Å²) in [5, 5.41) is 3.70. The number of anilines is 2. The lowest BCUT2D eigenvalue weighted by Crippen LogP contribution is -2.46. The van der Waals surface area contributed by atoms with Gasteiger partial charge >= 0.3 is 0 Å². The molecule has 0 spiro atoms. The molecule has 0 saturated heterocycles. The van der Waals surface area contributed by atoms with Gasteiger partial charge in [0.15, 0.2) is 0 Å². The number of rotatable bonds is 2. The van der Waals surface area contributed by atoms with E-state index in [1.54, 1.807) is 0 Å². The third-order valence-corrected chi connectivity index (χ3v) is 5.69. The zero-order chi connectivity index (χ0) is 13.8. The minimum Gasteiger partial charge on any atom is -0.397 e. The normalized spacial score (nSPS) is 35.6. The van der Waals surface area contributed by atoms with Crippen LogP contribution in [0.1, 0.15) is 45.7 Å². The van der Waals surface area contributed by atoms with Crippen molar-refractivity contribution in [2.45, 2.75) is 53.0 Å². The van der Waals surface area contributed by atoms with E-state index in [0.29, 0.717) is 16.9 Å². The standard InChI is InChI=1S/C16H25N3/c1-10-12(17)5-6-13(18-10)19-14-15(2,3)11-7-8-16(14,4)9-11/h5-6,11,14H,7-9,17H2,1-4H3,(H,18,19). The van der Waals surface area contributed by atoms with Gasteiger partial charge in [-0.05, 0) is 55.1 Å². The van der Waals surface area contributed by atoms with Crippen LogP contribution in [-0.2, 0) is 0 Å². The van der Waals surface area contributed by atoms with E-state index in [2.05, 4.69) is 31.1 Å². The van der Waals surface area contributed by atoms with Crippen LogP contribution in [0.5, 0.6) is 0 Å². The molecule has 0 aromatic carbocycles. The van der Waals surface area contributed by atoms with E-state index in [-0.39, 0.29) is 0 Å². The molecule has 1 aromatic rings. The summed E-state index contributed by atoms with van der Waals surface area (Å²) in [6, 6.07) is 4.47. The molecule has 2 aliphatic rings. The van der Waals surface area contributed by atoms with Gasteiger partial charge in [-0.1, -0.05) is 20.8 Å². The third-order valence-electron chi connectivity index (χ3n) is 5.69. The highest BCUT2D eigenvalue weighted by molar-refractivity contribution is 5.50. The van der Waals surface area contributed by atoms with Gasteiger partial charge in [-0.3, -0.25) is 0 Å².